The largest absolute Gasteiger partial charge is 0.383 e. The zero-order valence-electron chi connectivity index (χ0n) is 18.3. The number of fused-ring (bicyclic) bond motifs is 3. The Morgan fingerprint density at radius 3 is 2.71 bits per heavy atom. The van der Waals surface area contributed by atoms with Crippen molar-refractivity contribution >= 4 is 44.9 Å². The molecule has 164 valence electrons. The third-order valence-electron chi connectivity index (χ3n) is 5.58. The van der Waals surface area contributed by atoms with E-state index in [0.29, 0.717) is 18.3 Å². The predicted octanol–water partition coefficient (Wildman–Crippen LogP) is 4.25. The molecular weight excluding hydrogens is 430 g/mol. The maximum Gasteiger partial charge on any atom is 0.263 e. The summed E-state index contributed by atoms with van der Waals surface area (Å²) in [5, 5.41) is 4.35. The first-order valence-corrected chi connectivity index (χ1v) is 12.2. The molecule has 0 fully saturated rings. The van der Waals surface area contributed by atoms with E-state index in [2.05, 4.69) is 17.4 Å². The topological polar surface area (TPSA) is 73.2 Å². The molecule has 8 heteroatoms. The second kappa shape index (κ2) is 9.14. The summed E-state index contributed by atoms with van der Waals surface area (Å²) in [6.07, 6.45) is 3.07. The van der Waals surface area contributed by atoms with Crippen LogP contribution in [0.5, 0.6) is 0 Å². The molecule has 31 heavy (non-hydrogen) atoms. The van der Waals surface area contributed by atoms with E-state index in [1.165, 1.54) is 27.8 Å². The van der Waals surface area contributed by atoms with Crippen LogP contribution in [-0.4, -0.2) is 34.9 Å². The second-order valence-corrected chi connectivity index (χ2v) is 10.0. The molecule has 6 nitrogen and oxygen atoms in total. The lowest BCUT2D eigenvalue weighted by atomic mass is 10.1. The number of amides is 1. The normalized spacial score (nSPS) is 13.0. The van der Waals surface area contributed by atoms with E-state index >= 15 is 0 Å². The molecule has 1 aromatic carbocycles. The minimum absolute atomic E-state index is 0.0189. The fraction of sp³-hybridized carbons (Fsp3) is 0.435. The molecule has 0 spiro atoms. The molecule has 1 aliphatic rings. The van der Waals surface area contributed by atoms with E-state index in [4.69, 9.17) is 9.72 Å². The number of anilines is 1. The number of thioether (sulfide) groups is 1. The monoisotopic (exact) mass is 457 g/mol. The van der Waals surface area contributed by atoms with Crippen LogP contribution in [0.15, 0.2) is 22.1 Å². The second-order valence-electron chi connectivity index (χ2n) is 7.99. The molecule has 0 unspecified atom stereocenters. The van der Waals surface area contributed by atoms with Gasteiger partial charge in [-0.05, 0) is 56.7 Å². The van der Waals surface area contributed by atoms with Crippen molar-refractivity contribution in [2.45, 2.75) is 51.7 Å². The van der Waals surface area contributed by atoms with Gasteiger partial charge in [-0.15, -0.1) is 11.3 Å². The maximum atomic E-state index is 13.3. The molecule has 0 saturated heterocycles. The fourth-order valence-electron chi connectivity index (χ4n) is 4.23. The zero-order chi connectivity index (χ0) is 22.1. The smallest absolute Gasteiger partial charge is 0.263 e. The highest BCUT2D eigenvalue weighted by Gasteiger charge is 2.23. The average Bonchev–Trinajstić information content (AvgIpc) is 3.29. The summed E-state index contributed by atoms with van der Waals surface area (Å²) in [4.78, 5) is 32.8. The van der Waals surface area contributed by atoms with Gasteiger partial charge in [-0.1, -0.05) is 29.5 Å². The molecule has 3 aromatic rings. The van der Waals surface area contributed by atoms with E-state index in [1.807, 2.05) is 20.8 Å². The van der Waals surface area contributed by atoms with Crippen LogP contribution >= 0.6 is 23.1 Å². The van der Waals surface area contributed by atoms with Crippen LogP contribution in [0, 0.1) is 20.8 Å². The number of aryl methyl sites for hydroxylation is 5. The summed E-state index contributed by atoms with van der Waals surface area (Å²) < 4.78 is 6.87. The van der Waals surface area contributed by atoms with Gasteiger partial charge >= 0.3 is 0 Å². The molecule has 0 saturated carbocycles. The standard InChI is InChI=1S/C23H27N3O3S2/c1-13-10-14(2)20(15(3)11-13)24-18(27)12-30-23-25-21-19(16-6-5-7-17(16)31-21)22(28)26(23)8-9-29-4/h10-11H,5-9,12H2,1-4H3,(H,24,27). The first-order valence-electron chi connectivity index (χ1n) is 10.4. The highest BCUT2D eigenvalue weighted by Crippen LogP contribution is 2.35. The lowest BCUT2D eigenvalue weighted by Gasteiger charge is -2.14. The van der Waals surface area contributed by atoms with Gasteiger partial charge < -0.3 is 10.1 Å². The highest BCUT2D eigenvalue weighted by atomic mass is 32.2. The minimum Gasteiger partial charge on any atom is -0.383 e. The van der Waals surface area contributed by atoms with Crippen molar-refractivity contribution in [2.75, 3.05) is 24.8 Å². The molecule has 2 aromatic heterocycles. The molecule has 2 heterocycles. The third kappa shape index (κ3) is 4.42. The van der Waals surface area contributed by atoms with E-state index in [-0.39, 0.29) is 17.2 Å². The Labute approximate surface area is 190 Å². The summed E-state index contributed by atoms with van der Waals surface area (Å²) in [6.45, 7) is 6.88. The minimum atomic E-state index is -0.110. The van der Waals surface area contributed by atoms with Gasteiger partial charge in [0.2, 0.25) is 5.91 Å². The van der Waals surface area contributed by atoms with Gasteiger partial charge in [0, 0.05) is 17.7 Å². The van der Waals surface area contributed by atoms with Crippen molar-refractivity contribution in [3.05, 3.63) is 49.6 Å². The average molecular weight is 458 g/mol. The van der Waals surface area contributed by atoms with E-state index in [1.54, 1.807) is 23.0 Å². The van der Waals surface area contributed by atoms with Crippen LogP contribution in [0.3, 0.4) is 0 Å². The Morgan fingerprint density at radius 1 is 1.26 bits per heavy atom. The molecule has 4 rings (SSSR count). The Morgan fingerprint density at radius 2 is 2.00 bits per heavy atom. The third-order valence-corrected chi connectivity index (χ3v) is 7.74. The van der Waals surface area contributed by atoms with E-state index < -0.39 is 0 Å². The first-order chi connectivity index (χ1) is 14.9. The van der Waals surface area contributed by atoms with Gasteiger partial charge in [-0.3, -0.25) is 14.2 Å². The molecule has 0 atom stereocenters. The summed E-state index contributed by atoms with van der Waals surface area (Å²) in [5.41, 5.74) is 5.26. The summed E-state index contributed by atoms with van der Waals surface area (Å²) in [6, 6.07) is 4.12. The maximum absolute atomic E-state index is 13.3. The van der Waals surface area contributed by atoms with Crippen LogP contribution in [0.4, 0.5) is 5.69 Å². The molecule has 1 N–H and O–H groups in total. The number of carbonyl (C=O) groups is 1. The zero-order valence-corrected chi connectivity index (χ0v) is 20.0. The molecule has 1 amide bonds. The number of rotatable bonds is 7. The van der Waals surface area contributed by atoms with Gasteiger partial charge in [0.15, 0.2) is 5.16 Å². The van der Waals surface area contributed by atoms with Crippen LogP contribution in [-0.2, 0) is 28.9 Å². The van der Waals surface area contributed by atoms with Crippen LogP contribution in [0.2, 0.25) is 0 Å². The molecular formula is C23H27N3O3S2. The van der Waals surface area contributed by atoms with Crippen molar-refractivity contribution in [3.8, 4) is 0 Å². The van der Waals surface area contributed by atoms with Crippen molar-refractivity contribution in [2.24, 2.45) is 0 Å². The number of benzene rings is 1. The Hall–Kier alpha value is -2.16. The molecule has 0 aliphatic heterocycles. The lowest BCUT2D eigenvalue weighted by molar-refractivity contribution is -0.113. The number of hydrogen-bond acceptors (Lipinski definition) is 6. The van der Waals surface area contributed by atoms with Gasteiger partial charge in [-0.2, -0.15) is 0 Å². The van der Waals surface area contributed by atoms with Crippen molar-refractivity contribution < 1.29 is 9.53 Å². The number of methoxy groups -OCH3 is 1. The quantitative estimate of drug-likeness (QED) is 0.424. The van der Waals surface area contributed by atoms with Crippen LogP contribution in [0.25, 0.3) is 10.2 Å². The highest BCUT2D eigenvalue weighted by molar-refractivity contribution is 7.99. The number of ether oxygens (including phenoxy) is 1. The number of thiophene rings is 1. The first kappa shape index (κ1) is 22.0. The lowest BCUT2D eigenvalue weighted by Crippen LogP contribution is -2.26. The number of aromatic nitrogens is 2. The van der Waals surface area contributed by atoms with E-state index in [0.717, 1.165) is 46.3 Å². The fourth-order valence-corrected chi connectivity index (χ4v) is 6.36. The summed E-state index contributed by atoms with van der Waals surface area (Å²) in [7, 11) is 1.62. The predicted molar refractivity (Wildman–Crippen MR) is 128 cm³/mol. The van der Waals surface area contributed by atoms with Gasteiger partial charge in [-0.25, -0.2) is 4.98 Å². The van der Waals surface area contributed by atoms with Crippen LogP contribution < -0.4 is 10.9 Å². The van der Waals surface area contributed by atoms with Crippen LogP contribution in [0.1, 0.15) is 33.6 Å². The summed E-state index contributed by atoms with van der Waals surface area (Å²) in [5.74, 6) is 0.0735. The van der Waals surface area contributed by atoms with E-state index in [9.17, 15) is 9.59 Å². The van der Waals surface area contributed by atoms with Gasteiger partial charge in [0.1, 0.15) is 4.83 Å². The molecule has 1 aliphatic carbocycles. The van der Waals surface area contributed by atoms with Gasteiger partial charge in [0.25, 0.3) is 5.56 Å². The molecule has 0 bridgehead atoms. The molecule has 0 radical (unpaired) electrons. The number of nitrogens with one attached hydrogen (secondary N) is 1. The number of nitrogens with zero attached hydrogens (tertiary/aromatic N) is 2. The van der Waals surface area contributed by atoms with Crippen molar-refractivity contribution in [1.82, 2.24) is 9.55 Å². The Balaban J connectivity index is 1.59. The number of carbonyl (C=O) groups excluding carboxylic acids is 1. The SMILES string of the molecule is COCCn1c(SCC(=O)Nc2c(C)cc(C)cc2C)nc2sc3c(c2c1=O)CCC3. The van der Waals surface area contributed by atoms with Crippen molar-refractivity contribution in [1.29, 1.82) is 0 Å². The number of hydrogen-bond donors (Lipinski definition) is 1. The summed E-state index contributed by atoms with van der Waals surface area (Å²) >= 11 is 2.92. The Bertz CT molecular complexity index is 1190. The van der Waals surface area contributed by atoms with Gasteiger partial charge in [0.05, 0.1) is 24.3 Å². The van der Waals surface area contributed by atoms with Crippen molar-refractivity contribution in [3.63, 3.8) is 0 Å². The Kier molecular flexibility index (Phi) is 6.50.